The Hall–Kier alpha value is -3.98. The molecule has 4 aliphatic rings. The van der Waals surface area contributed by atoms with Crippen molar-refractivity contribution < 1.29 is 35.7 Å². The number of hydrogen-bond acceptors (Lipinski definition) is 14. The van der Waals surface area contributed by atoms with Crippen LogP contribution in [0.25, 0.3) is 0 Å². The number of nitrogens with zero attached hydrogens (tertiary/aromatic N) is 8. The van der Waals surface area contributed by atoms with Gasteiger partial charge < -0.3 is 29.6 Å². The molecule has 2 saturated heterocycles. The third kappa shape index (κ3) is 12.3. The summed E-state index contributed by atoms with van der Waals surface area (Å²) < 4.78 is 76.5. The van der Waals surface area contributed by atoms with Crippen molar-refractivity contribution in [2.75, 3.05) is 71.4 Å². The predicted octanol–water partition coefficient (Wildman–Crippen LogP) is 6.62. The van der Waals surface area contributed by atoms with Crippen LogP contribution in [0.2, 0.25) is 5.82 Å². The van der Waals surface area contributed by atoms with E-state index in [4.69, 9.17) is 15.0 Å². The maximum absolute atomic E-state index is 14.0. The molecule has 20 heteroatoms. The maximum atomic E-state index is 14.0. The molecule has 2 aromatic carbocycles. The van der Waals surface area contributed by atoms with Gasteiger partial charge in [0, 0.05) is 81.2 Å². The van der Waals surface area contributed by atoms with Gasteiger partial charge in [-0.1, -0.05) is 40.5 Å². The fraction of sp³-hybridized carbons (Fsp3) is 0.545. The van der Waals surface area contributed by atoms with Crippen molar-refractivity contribution in [2.24, 2.45) is 11.8 Å². The Labute approximate surface area is 385 Å². The molecule has 2 atom stereocenters. The molecule has 0 bridgehead atoms. The Morgan fingerprint density at radius 2 is 1.12 bits per heavy atom. The fourth-order valence-corrected chi connectivity index (χ4v) is 9.75. The normalized spacial score (nSPS) is 19.3. The quantitative estimate of drug-likeness (QED) is 0.162. The molecule has 0 spiro atoms. The minimum atomic E-state index is -3.62. The lowest BCUT2D eigenvalue weighted by Gasteiger charge is -2.44. The van der Waals surface area contributed by atoms with Crippen LogP contribution < -0.4 is 19.6 Å². The van der Waals surface area contributed by atoms with Crippen molar-refractivity contribution >= 4 is 66.0 Å². The van der Waals surface area contributed by atoms with E-state index in [-0.39, 0.29) is 27.7 Å². The van der Waals surface area contributed by atoms with Crippen LogP contribution in [0.3, 0.4) is 0 Å². The van der Waals surface area contributed by atoms with E-state index in [2.05, 4.69) is 85.1 Å². The molecule has 0 radical (unpaired) electrons. The summed E-state index contributed by atoms with van der Waals surface area (Å²) in [4.78, 5) is 26.7. The molecule has 2 N–H and O–H groups in total. The number of aryl methyl sites for hydroxylation is 2. The molecule has 4 aromatic rings. The maximum Gasteiger partial charge on any atom is 0.454 e. The van der Waals surface area contributed by atoms with E-state index >= 15 is 0 Å². The number of sulfone groups is 2. The van der Waals surface area contributed by atoms with Gasteiger partial charge in [-0.2, -0.15) is 0 Å². The van der Waals surface area contributed by atoms with Crippen LogP contribution in [0.15, 0.2) is 63.1 Å². The van der Waals surface area contributed by atoms with Crippen molar-refractivity contribution in [3.05, 3.63) is 81.9 Å². The Bertz CT molecular complexity index is 2520. The fourth-order valence-electron chi connectivity index (χ4n) is 8.04. The second kappa shape index (κ2) is 20.3. The second-order valence-corrected chi connectivity index (χ2v) is 22.8. The summed E-state index contributed by atoms with van der Waals surface area (Å²) in [6, 6.07) is 8.94. The summed E-state index contributed by atoms with van der Waals surface area (Å²) in [5.41, 5.74) is 4.64. The zero-order valence-corrected chi connectivity index (χ0v) is 41.0. The van der Waals surface area contributed by atoms with Crippen molar-refractivity contribution in [1.82, 2.24) is 19.9 Å². The average molecular weight is 990 g/mol. The van der Waals surface area contributed by atoms with Crippen LogP contribution >= 0.6 is 15.9 Å². The van der Waals surface area contributed by atoms with Crippen LogP contribution in [0.1, 0.15) is 76.2 Å². The number of aromatic nitrogens is 4. The molecule has 2 aliphatic carbocycles. The van der Waals surface area contributed by atoms with Gasteiger partial charge >= 0.3 is 7.12 Å². The Morgan fingerprint density at radius 1 is 0.688 bits per heavy atom. The Kier molecular flexibility index (Phi) is 15.7. The molecule has 0 unspecified atom stereocenters. The van der Waals surface area contributed by atoms with Crippen LogP contribution in [-0.2, 0) is 19.7 Å². The first kappa shape index (κ1) is 49.5. The number of hydrogen-bond donors (Lipinski definition) is 2. The minimum absolute atomic E-state index is 0.140. The highest BCUT2D eigenvalue weighted by Crippen LogP contribution is 2.41. The molecule has 348 valence electrons. The van der Waals surface area contributed by atoms with Crippen LogP contribution in [0.4, 0.5) is 32.1 Å². The summed E-state index contributed by atoms with van der Waals surface area (Å²) >= 11 is 3.43. The summed E-state index contributed by atoms with van der Waals surface area (Å²) in [7, 11) is -8.28. The van der Waals surface area contributed by atoms with E-state index in [0.717, 1.165) is 59.4 Å². The van der Waals surface area contributed by atoms with Gasteiger partial charge in [0.25, 0.3) is 0 Å². The summed E-state index contributed by atoms with van der Waals surface area (Å²) in [5.74, 6) is 1.52. The predicted molar refractivity (Wildman–Crippen MR) is 252 cm³/mol. The first-order valence-corrected chi connectivity index (χ1v) is 26.3. The topological polar surface area (TPSA) is 173 Å². The standard InChI is InChI=1S/C22H29FN4O2S.C19H24BrFN4O2S.C3H7BO2/c1-14(2)20-13-26(17-7-8-19(23)21(11-17)30(4,28)29)9-10-27(20)22-24-12-18(15(3)25-22)16-5-6-16;1-12(2)17-11-24(14-5-6-16(21)18(9-14)28(4,26)27)7-8-25(17)19-22-10-15(20)13(3)23-19;5-4(6)3-1-2-3/h7-8,11-12,14,16,20H,5-6,9-10,13H2,1-4H3;5-6,9-10,12,17H,7-8,11H2,1-4H3;3,5-6H,1-2H2/t20-;17-;/m00./s1. The first-order chi connectivity index (χ1) is 30.0. The molecule has 2 aliphatic heterocycles. The lowest BCUT2D eigenvalue weighted by Crippen LogP contribution is -2.56. The molecule has 2 aromatic heterocycles. The van der Waals surface area contributed by atoms with Crippen LogP contribution in [0.5, 0.6) is 0 Å². The lowest BCUT2D eigenvalue weighted by molar-refractivity contribution is 0.403. The first-order valence-electron chi connectivity index (χ1n) is 21.7. The highest BCUT2D eigenvalue weighted by atomic mass is 79.9. The van der Waals surface area contributed by atoms with Gasteiger partial charge in [-0.15, -0.1) is 0 Å². The number of anilines is 4. The van der Waals surface area contributed by atoms with E-state index in [0.29, 0.717) is 62.1 Å². The molecular weight excluding hydrogens is 929 g/mol. The molecule has 0 amide bonds. The Balaban J connectivity index is 0.000000188. The average Bonchev–Trinajstić information content (AvgIpc) is 4.16. The molecule has 2 saturated carbocycles. The molecule has 8 rings (SSSR count). The number of halogens is 3. The van der Waals surface area contributed by atoms with Crippen molar-refractivity contribution in [3.8, 4) is 0 Å². The SMILES string of the molecule is Cc1nc(N2CCN(c3ccc(F)c(S(C)(=O)=O)c3)C[C@H]2C(C)C)ncc1Br.Cc1nc(N2CCN(c3ccc(F)c(S(C)(=O)=O)c3)C[C@H]2C(C)C)ncc1C1CC1.OB(O)C1CC1. The zero-order valence-electron chi connectivity index (χ0n) is 37.8. The van der Waals surface area contributed by atoms with E-state index in [1.54, 1.807) is 18.3 Å². The van der Waals surface area contributed by atoms with Crippen molar-refractivity contribution in [2.45, 2.75) is 101 Å². The van der Waals surface area contributed by atoms with Gasteiger partial charge in [-0.05, 0) is 108 Å². The molecule has 14 nitrogen and oxygen atoms in total. The van der Waals surface area contributed by atoms with Gasteiger partial charge in [-0.25, -0.2) is 45.6 Å². The number of piperazine rings is 2. The zero-order chi connectivity index (χ0) is 46.8. The van der Waals surface area contributed by atoms with Gasteiger partial charge in [0.15, 0.2) is 19.7 Å². The van der Waals surface area contributed by atoms with E-state index in [1.807, 2.05) is 13.1 Å². The summed E-state index contributed by atoms with van der Waals surface area (Å²) in [6.45, 7) is 16.7. The molecule has 4 heterocycles. The molecule has 64 heavy (non-hydrogen) atoms. The van der Waals surface area contributed by atoms with Gasteiger partial charge in [0.1, 0.15) is 21.4 Å². The van der Waals surface area contributed by atoms with Gasteiger partial charge in [0.2, 0.25) is 11.9 Å². The highest BCUT2D eigenvalue weighted by molar-refractivity contribution is 9.10. The van der Waals surface area contributed by atoms with E-state index in [1.165, 1.54) is 42.7 Å². The smallest absolute Gasteiger partial charge is 0.427 e. The monoisotopic (exact) mass is 988 g/mol. The van der Waals surface area contributed by atoms with Gasteiger partial charge in [0.05, 0.1) is 22.3 Å². The summed E-state index contributed by atoms with van der Waals surface area (Å²) in [5, 5.41) is 16.5. The third-order valence-electron chi connectivity index (χ3n) is 12.2. The van der Waals surface area contributed by atoms with Crippen LogP contribution in [0, 0.1) is 37.3 Å². The molecule has 4 fully saturated rings. The minimum Gasteiger partial charge on any atom is -0.427 e. The van der Waals surface area contributed by atoms with Crippen molar-refractivity contribution in [3.63, 3.8) is 0 Å². The largest absolute Gasteiger partial charge is 0.454 e. The summed E-state index contributed by atoms with van der Waals surface area (Å²) in [6.07, 6.45) is 10.3. The van der Waals surface area contributed by atoms with E-state index in [9.17, 15) is 25.6 Å². The third-order valence-corrected chi connectivity index (χ3v) is 15.2. The second-order valence-electron chi connectivity index (χ2n) is 18.0. The molecular formula is C44H60BBrF2N8O6S2. The Morgan fingerprint density at radius 3 is 1.47 bits per heavy atom. The van der Waals surface area contributed by atoms with Gasteiger partial charge in [-0.3, -0.25) is 0 Å². The van der Waals surface area contributed by atoms with Crippen molar-refractivity contribution in [1.29, 1.82) is 0 Å². The van der Waals surface area contributed by atoms with E-state index < -0.39 is 38.4 Å². The number of rotatable bonds is 10. The highest BCUT2D eigenvalue weighted by Gasteiger charge is 2.35. The number of benzene rings is 2. The lowest BCUT2D eigenvalue weighted by atomic mass is 9.84. The van der Waals surface area contributed by atoms with Crippen LogP contribution in [-0.4, -0.2) is 118 Å².